The van der Waals surface area contributed by atoms with E-state index in [9.17, 15) is 10.5 Å². The van der Waals surface area contributed by atoms with Gasteiger partial charge in [0.25, 0.3) is 0 Å². The van der Waals surface area contributed by atoms with E-state index in [1.807, 2.05) is 36.4 Å². The maximum atomic E-state index is 11.9. The van der Waals surface area contributed by atoms with Crippen LogP contribution in [-0.2, 0) is 10.8 Å². The number of hydrogen-bond acceptors (Lipinski definition) is 4. The molecule has 2 aliphatic rings. The van der Waals surface area contributed by atoms with Crippen LogP contribution in [0.25, 0.3) is 121 Å². The molecule has 4 aromatic heterocycles. The minimum absolute atomic E-state index is 0.282. The number of nitriles is 2. The monoisotopic (exact) mass is 884 g/mol. The molecule has 4 heterocycles. The second-order valence-electron chi connectivity index (χ2n) is 20.0. The zero-order valence-electron chi connectivity index (χ0n) is 37.9. The molecule has 0 radical (unpaired) electrons. The Kier molecular flexibility index (Phi) is 7.44. The van der Waals surface area contributed by atoms with Gasteiger partial charge in [0.1, 0.15) is 34.5 Å². The Balaban J connectivity index is 1.11. The Morgan fingerprint density at radius 1 is 0.391 bits per heavy atom. The molecular formula is C63H40N4O2. The van der Waals surface area contributed by atoms with Crippen molar-refractivity contribution in [2.24, 2.45) is 0 Å². The fraction of sp³-hybridized carbons (Fsp3) is 0.111. The van der Waals surface area contributed by atoms with Crippen LogP contribution in [0.15, 0.2) is 179 Å². The van der Waals surface area contributed by atoms with Crippen molar-refractivity contribution in [2.75, 3.05) is 0 Å². The van der Waals surface area contributed by atoms with Crippen LogP contribution in [0.2, 0.25) is 0 Å². The minimum atomic E-state index is -0.282. The Bertz CT molecular complexity index is 4230. The topological polar surface area (TPSA) is 83.7 Å². The Morgan fingerprint density at radius 2 is 0.797 bits per heavy atom. The number of nitrogens with zero attached hydrogens (tertiary/aromatic N) is 4. The summed E-state index contributed by atoms with van der Waals surface area (Å²) < 4.78 is 17.8. The summed E-state index contributed by atoms with van der Waals surface area (Å²) in [6.07, 6.45) is 2.84. The van der Waals surface area contributed by atoms with Crippen LogP contribution in [0.1, 0.15) is 55.4 Å². The second-order valence-corrected chi connectivity index (χ2v) is 20.0. The Labute approximate surface area is 396 Å². The Hall–Kier alpha value is -8.84. The van der Waals surface area contributed by atoms with Crippen LogP contribution in [0, 0.1) is 22.7 Å². The molecule has 13 aromatic rings. The van der Waals surface area contributed by atoms with E-state index < -0.39 is 0 Å². The zero-order valence-corrected chi connectivity index (χ0v) is 37.9. The summed E-state index contributed by atoms with van der Waals surface area (Å²) in [5.74, 6) is 0. The lowest BCUT2D eigenvalue weighted by atomic mass is 9.74. The first-order valence-electron chi connectivity index (χ1n) is 23.8. The third-order valence-corrected chi connectivity index (χ3v) is 16.1. The van der Waals surface area contributed by atoms with E-state index in [4.69, 9.17) is 8.83 Å². The molecule has 6 heteroatoms. The summed E-state index contributed by atoms with van der Waals surface area (Å²) >= 11 is 0. The highest BCUT2D eigenvalue weighted by atomic mass is 16.3. The van der Waals surface area contributed by atoms with Gasteiger partial charge < -0.3 is 18.0 Å². The van der Waals surface area contributed by atoms with Gasteiger partial charge in [-0.1, -0.05) is 123 Å². The van der Waals surface area contributed by atoms with Gasteiger partial charge in [0.05, 0.1) is 44.6 Å². The number of benzene rings is 9. The zero-order chi connectivity index (χ0) is 45.9. The second kappa shape index (κ2) is 13.4. The van der Waals surface area contributed by atoms with Gasteiger partial charge in [-0.25, -0.2) is 0 Å². The molecule has 2 atom stereocenters. The van der Waals surface area contributed by atoms with Crippen LogP contribution in [0.3, 0.4) is 0 Å². The number of aromatic nitrogens is 2. The van der Waals surface area contributed by atoms with Gasteiger partial charge in [-0.3, -0.25) is 0 Å². The number of furan rings is 2. The smallest absolute Gasteiger partial charge is 0.137 e. The van der Waals surface area contributed by atoms with Gasteiger partial charge in [-0.2, -0.15) is 10.5 Å². The number of hydrogen-bond donors (Lipinski definition) is 0. The molecule has 2 unspecified atom stereocenters. The van der Waals surface area contributed by atoms with Crippen LogP contribution in [0.5, 0.6) is 0 Å². The average Bonchev–Trinajstić information content (AvgIpc) is 4.22. The molecule has 1 saturated carbocycles. The SMILES string of the molecule is CC12CCC(C)(C1)c1c(-n3c4ccc(-c5ccccc5)cc4c4cc5c(cc43)oc3ccccc35)c(C#N)c(C#N)c(-n3c4ccc(-c5ccccc5)cc4c4cc5c(cc43)oc3ccccc35)c12. The molecule has 2 bridgehead atoms. The molecule has 2 aliphatic carbocycles. The van der Waals surface area contributed by atoms with E-state index >= 15 is 0 Å². The molecule has 0 spiro atoms. The molecule has 324 valence electrons. The summed E-state index contributed by atoms with van der Waals surface area (Å²) in [6, 6.07) is 65.1. The van der Waals surface area contributed by atoms with Gasteiger partial charge in [0.2, 0.25) is 0 Å². The van der Waals surface area contributed by atoms with Crippen molar-refractivity contribution >= 4 is 87.5 Å². The van der Waals surface area contributed by atoms with E-state index in [1.54, 1.807) is 0 Å². The molecule has 1 fully saturated rings. The van der Waals surface area contributed by atoms with Gasteiger partial charge >= 0.3 is 0 Å². The summed E-state index contributed by atoms with van der Waals surface area (Å²) in [5, 5.41) is 32.2. The first kappa shape index (κ1) is 38.3. The first-order chi connectivity index (χ1) is 33.8. The summed E-state index contributed by atoms with van der Waals surface area (Å²) in [7, 11) is 0. The molecule has 15 rings (SSSR count). The highest BCUT2D eigenvalue weighted by Gasteiger charge is 2.57. The van der Waals surface area contributed by atoms with Crippen molar-refractivity contribution in [3.63, 3.8) is 0 Å². The lowest BCUT2D eigenvalue weighted by molar-refractivity contribution is 0.483. The van der Waals surface area contributed by atoms with Crippen molar-refractivity contribution in [3.8, 4) is 45.8 Å². The highest BCUT2D eigenvalue weighted by molar-refractivity contribution is 6.20. The number of fused-ring (bicyclic) bond motifs is 17. The number of rotatable bonds is 4. The maximum Gasteiger partial charge on any atom is 0.137 e. The van der Waals surface area contributed by atoms with Crippen LogP contribution < -0.4 is 0 Å². The van der Waals surface area contributed by atoms with Crippen molar-refractivity contribution in [1.29, 1.82) is 10.5 Å². The number of para-hydroxylation sites is 2. The molecule has 69 heavy (non-hydrogen) atoms. The largest absolute Gasteiger partial charge is 0.456 e. The quantitative estimate of drug-likeness (QED) is 0.176. The molecule has 0 amide bonds. The molecule has 0 aliphatic heterocycles. The molecule has 6 nitrogen and oxygen atoms in total. The maximum absolute atomic E-state index is 11.9. The van der Waals surface area contributed by atoms with Gasteiger partial charge in [-0.05, 0) is 112 Å². The van der Waals surface area contributed by atoms with Gasteiger partial charge in [0.15, 0.2) is 0 Å². The lowest BCUT2D eigenvalue weighted by Gasteiger charge is -2.34. The van der Waals surface area contributed by atoms with E-state index in [-0.39, 0.29) is 10.8 Å². The normalized spacial score (nSPS) is 17.6. The van der Waals surface area contributed by atoms with E-state index in [1.165, 1.54) is 0 Å². The van der Waals surface area contributed by atoms with Crippen molar-refractivity contribution in [3.05, 3.63) is 192 Å². The average molecular weight is 885 g/mol. The highest BCUT2D eigenvalue weighted by Crippen LogP contribution is 2.65. The third kappa shape index (κ3) is 5.02. The van der Waals surface area contributed by atoms with E-state index in [2.05, 4.69) is 169 Å². The summed E-state index contributed by atoms with van der Waals surface area (Å²) in [6.45, 7) is 4.78. The third-order valence-electron chi connectivity index (χ3n) is 16.1. The fourth-order valence-electron chi connectivity index (χ4n) is 13.2. The van der Waals surface area contributed by atoms with Crippen molar-refractivity contribution in [1.82, 2.24) is 9.13 Å². The van der Waals surface area contributed by atoms with Crippen molar-refractivity contribution in [2.45, 2.75) is 43.9 Å². The van der Waals surface area contributed by atoms with E-state index in [0.717, 1.165) is 152 Å². The standard InChI is InChI=1S/C63H40N4O2/c1-62-25-26-63(2,35-62)59-58(62)60(66-50-23-21-38(36-13-5-3-6-14-36)27-42(50)44-29-46-40-17-9-11-19-54(40)68-56(46)31-52(44)66)48(33-64)49(34-65)61(59)67-51-24-22-39(37-15-7-4-8-16-37)28-43(51)45-30-47-41-18-10-12-20-55(41)69-57(47)32-53(45)67/h3-24,27-32H,25-26,35H2,1-2H3. The van der Waals surface area contributed by atoms with E-state index in [0.29, 0.717) is 11.1 Å². The molecular weight excluding hydrogens is 845 g/mol. The van der Waals surface area contributed by atoms with Crippen LogP contribution >= 0.6 is 0 Å². The van der Waals surface area contributed by atoms with Crippen molar-refractivity contribution < 1.29 is 8.83 Å². The first-order valence-corrected chi connectivity index (χ1v) is 23.8. The van der Waals surface area contributed by atoms with Crippen LogP contribution in [0.4, 0.5) is 0 Å². The molecule has 0 saturated heterocycles. The fourth-order valence-corrected chi connectivity index (χ4v) is 13.2. The Morgan fingerprint density at radius 3 is 1.23 bits per heavy atom. The molecule has 0 N–H and O–H groups in total. The van der Waals surface area contributed by atoms with Gasteiger partial charge in [0, 0.05) is 55.2 Å². The minimum Gasteiger partial charge on any atom is -0.456 e. The molecule has 9 aromatic carbocycles. The summed E-state index contributed by atoms with van der Waals surface area (Å²) in [4.78, 5) is 0. The lowest BCUT2D eigenvalue weighted by Crippen LogP contribution is -2.25. The predicted octanol–water partition coefficient (Wildman–Crippen LogP) is 16.5. The van der Waals surface area contributed by atoms with Crippen LogP contribution in [-0.4, -0.2) is 9.13 Å². The predicted molar refractivity (Wildman–Crippen MR) is 279 cm³/mol. The van der Waals surface area contributed by atoms with Gasteiger partial charge in [-0.15, -0.1) is 0 Å². The summed E-state index contributed by atoms with van der Waals surface area (Å²) in [5.41, 5.74) is 15.6.